The number of ether oxygens (including phenoxy) is 2. The zero-order valence-corrected chi connectivity index (χ0v) is 17.9. The van der Waals surface area contributed by atoms with Crippen molar-refractivity contribution in [3.63, 3.8) is 0 Å². The third-order valence-corrected chi connectivity index (χ3v) is 4.74. The fourth-order valence-electron chi connectivity index (χ4n) is 2.43. The molecule has 0 radical (unpaired) electrons. The molecule has 4 nitrogen and oxygen atoms in total. The maximum atomic E-state index is 11.4. The van der Waals surface area contributed by atoms with Crippen molar-refractivity contribution in [2.45, 2.75) is 64.8 Å². The average molecular weight is 407 g/mol. The first-order valence-electron chi connectivity index (χ1n) is 9.98. The van der Waals surface area contributed by atoms with Crippen molar-refractivity contribution in [2.75, 3.05) is 12.5 Å². The zero-order valence-electron chi connectivity index (χ0n) is 17.1. The van der Waals surface area contributed by atoms with Crippen molar-refractivity contribution in [3.8, 4) is 0 Å². The molecule has 0 aliphatic rings. The summed E-state index contributed by atoms with van der Waals surface area (Å²) in [6, 6.07) is 10.1. The number of unbranched alkanes of at least 4 members (excludes halogenated alkanes) is 1. The van der Waals surface area contributed by atoms with Crippen LogP contribution in [0.25, 0.3) is 0 Å². The van der Waals surface area contributed by atoms with Crippen molar-refractivity contribution in [1.82, 2.24) is 0 Å². The summed E-state index contributed by atoms with van der Waals surface area (Å²) in [5.74, 6) is 0.762. The molecular weight excluding hydrogens is 372 g/mol. The van der Waals surface area contributed by atoms with E-state index in [4.69, 9.17) is 9.47 Å². The Labute approximate surface area is 174 Å². The molecule has 5 heteroatoms. The fourth-order valence-corrected chi connectivity index (χ4v) is 3.06. The van der Waals surface area contributed by atoms with Crippen LogP contribution in [-0.2, 0) is 20.9 Å². The Hall–Kier alpha value is -1.40. The SMILES string of the molecule is CCSC(=O)C[C@H](O)C/C=C/CC/C=C/C[C@@H](C)OCOCc1ccccc1. The Balaban J connectivity index is 1.99. The maximum Gasteiger partial charge on any atom is 0.191 e. The molecule has 0 bridgehead atoms. The highest BCUT2D eigenvalue weighted by atomic mass is 32.2. The van der Waals surface area contributed by atoms with E-state index in [-0.39, 0.29) is 17.6 Å². The molecule has 0 amide bonds. The van der Waals surface area contributed by atoms with E-state index in [0.29, 0.717) is 19.8 Å². The molecule has 1 aromatic rings. The lowest BCUT2D eigenvalue weighted by Gasteiger charge is -2.11. The van der Waals surface area contributed by atoms with Crippen LogP contribution in [0.4, 0.5) is 0 Å². The number of rotatable bonds is 15. The van der Waals surface area contributed by atoms with E-state index in [2.05, 4.69) is 18.2 Å². The Kier molecular flexibility index (Phi) is 14.6. The summed E-state index contributed by atoms with van der Waals surface area (Å²) < 4.78 is 11.2. The first-order valence-corrected chi connectivity index (χ1v) is 11.0. The van der Waals surface area contributed by atoms with Gasteiger partial charge in [-0.15, -0.1) is 0 Å². The summed E-state index contributed by atoms with van der Waals surface area (Å²) in [6.07, 6.45) is 11.3. The second-order valence-corrected chi connectivity index (χ2v) is 7.91. The van der Waals surface area contributed by atoms with Gasteiger partial charge in [0.25, 0.3) is 0 Å². The highest BCUT2D eigenvalue weighted by molar-refractivity contribution is 8.13. The highest BCUT2D eigenvalue weighted by Gasteiger charge is 2.08. The Morgan fingerprint density at radius 2 is 1.79 bits per heavy atom. The predicted molar refractivity (Wildman–Crippen MR) is 117 cm³/mol. The van der Waals surface area contributed by atoms with E-state index in [9.17, 15) is 9.90 Å². The van der Waals surface area contributed by atoms with E-state index in [1.807, 2.05) is 50.3 Å². The summed E-state index contributed by atoms with van der Waals surface area (Å²) >= 11 is 1.27. The molecule has 1 N–H and O–H groups in total. The molecule has 0 saturated heterocycles. The van der Waals surface area contributed by atoms with Crippen LogP contribution in [0.5, 0.6) is 0 Å². The number of carbonyl (C=O) groups excluding carboxylic acids is 1. The number of carbonyl (C=O) groups is 1. The van der Waals surface area contributed by atoms with Gasteiger partial charge in [-0.05, 0) is 43.9 Å². The van der Waals surface area contributed by atoms with Gasteiger partial charge in [-0.3, -0.25) is 4.79 Å². The van der Waals surface area contributed by atoms with Crippen molar-refractivity contribution in [3.05, 3.63) is 60.2 Å². The molecular formula is C23H34O4S. The molecule has 28 heavy (non-hydrogen) atoms. The minimum atomic E-state index is -0.569. The molecule has 1 aromatic carbocycles. The van der Waals surface area contributed by atoms with Crippen molar-refractivity contribution < 1.29 is 19.4 Å². The first-order chi connectivity index (χ1) is 13.6. The third kappa shape index (κ3) is 13.7. The van der Waals surface area contributed by atoms with Crippen LogP contribution < -0.4 is 0 Å². The topological polar surface area (TPSA) is 55.8 Å². The number of aliphatic hydroxyl groups is 1. The molecule has 0 heterocycles. The summed E-state index contributed by atoms with van der Waals surface area (Å²) in [7, 11) is 0. The standard InChI is InChI=1S/C23H34O4S/c1-3-28-23(25)17-22(24)16-12-7-5-4-6-9-13-20(2)27-19-26-18-21-14-10-8-11-15-21/h6-12,14-15,20,22,24H,3-5,13,16-19H2,1-2H3/b9-6+,12-7+/t20-,22-/m1/s1. The monoisotopic (exact) mass is 406 g/mol. The minimum absolute atomic E-state index is 0.0631. The van der Waals surface area contributed by atoms with Crippen molar-refractivity contribution >= 4 is 16.9 Å². The lowest BCUT2D eigenvalue weighted by Crippen LogP contribution is -2.10. The number of allylic oxidation sites excluding steroid dienone is 2. The minimum Gasteiger partial charge on any atom is -0.392 e. The van der Waals surface area contributed by atoms with Crippen LogP contribution in [0.3, 0.4) is 0 Å². The van der Waals surface area contributed by atoms with E-state index < -0.39 is 6.10 Å². The largest absolute Gasteiger partial charge is 0.392 e. The molecule has 0 aliphatic carbocycles. The maximum absolute atomic E-state index is 11.4. The molecule has 0 aliphatic heterocycles. The van der Waals surface area contributed by atoms with Crippen LogP contribution in [0.15, 0.2) is 54.6 Å². The second-order valence-electron chi connectivity index (χ2n) is 6.58. The average Bonchev–Trinajstić information content (AvgIpc) is 2.68. The second kappa shape index (κ2) is 16.5. The van der Waals surface area contributed by atoms with Crippen molar-refractivity contribution in [2.24, 2.45) is 0 Å². The van der Waals surface area contributed by atoms with Crippen LogP contribution in [0.2, 0.25) is 0 Å². The molecule has 0 unspecified atom stereocenters. The third-order valence-electron chi connectivity index (χ3n) is 3.96. The number of thioether (sulfide) groups is 1. The first kappa shape index (κ1) is 24.6. The Morgan fingerprint density at radius 1 is 1.11 bits per heavy atom. The van der Waals surface area contributed by atoms with Crippen molar-refractivity contribution in [1.29, 1.82) is 0 Å². The van der Waals surface area contributed by atoms with Gasteiger partial charge < -0.3 is 14.6 Å². The molecule has 0 spiro atoms. The van der Waals surface area contributed by atoms with Gasteiger partial charge in [0.1, 0.15) is 6.79 Å². The quantitative estimate of drug-likeness (QED) is 0.244. The van der Waals surface area contributed by atoms with Gasteiger partial charge >= 0.3 is 0 Å². The van der Waals surface area contributed by atoms with Crippen LogP contribution in [-0.4, -0.2) is 35.0 Å². The molecule has 156 valence electrons. The predicted octanol–water partition coefficient (Wildman–Crippen LogP) is 5.27. The molecule has 0 aromatic heterocycles. The van der Waals surface area contributed by atoms with Crippen LogP contribution >= 0.6 is 11.8 Å². The normalized spacial score (nSPS) is 14.0. The highest BCUT2D eigenvalue weighted by Crippen LogP contribution is 2.10. The number of hydrogen-bond donors (Lipinski definition) is 1. The van der Waals surface area contributed by atoms with Crippen LogP contribution in [0.1, 0.15) is 51.5 Å². The van der Waals surface area contributed by atoms with Gasteiger partial charge in [-0.1, -0.05) is 73.3 Å². The Bertz CT molecular complexity index is 571. The molecule has 0 fully saturated rings. The summed E-state index contributed by atoms with van der Waals surface area (Å²) in [5.41, 5.74) is 1.14. The fraction of sp³-hybridized carbons (Fsp3) is 0.522. The van der Waals surface area contributed by atoms with Gasteiger partial charge in [0.15, 0.2) is 5.12 Å². The Morgan fingerprint density at radius 3 is 2.46 bits per heavy atom. The lowest BCUT2D eigenvalue weighted by atomic mass is 10.1. The van der Waals surface area contributed by atoms with E-state index in [1.54, 1.807) is 0 Å². The van der Waals surface area contributed by atoms with E-state index in [0.717, 1.165) is 30.6 Å². The lowest BCUT2D eigenvalue weighted by molar-refractivity contribution is -0.112. The van der Waals surface area contributed by atoms with Gasteiger partial charge in [-0.25, -0.2) is 0 Å². The van der Waals surface area contributed by atoms with E-state index >= 15 is 0 Å². The smallest absolute Gasteiger partial charge is 0.191 e. The number of hydrogen-bond acceptors (Lipinski definition) is 5. The van der Waals surface area contributed by atoms with Gasteiger partial charge in [-0.2, -0.15) is 0 Å². The molecule has 2 atom stereocenters. The number of aliphatic hydroxyl groups excluding tert-OH is 1. The number of benzene rings is 1. The van der Waals surface area contributed by atoms with Crippen LogP contribution in [0, 0.1) is 0 Å². The summed E-state index contributed by atoms with van der Waals surface area (Å²) in [4.78, 5) is 11.4. The molecule has 1 rings (SSSR count). The van der Waals surface area contributed by atoms with Gasteiger partial charge in [0.2, 0.25) is 0 Å². The zero-order chi connectivity index (χ0) is 20.5. The van der Waals surface area contributed by atoms with Gasteiger partial charge in [0, 0.05) is 6.42 Å². The van der Waals surface area contributed by atoms with Gasteiger partial charge in [0.05, 0.1) is 18.8 Å². The summed E-state index contributed by atoms with van der Waals surface area (Å²) in [6.45, 7) is 4.84. The molecule has 0 saturated carbocycles. The van der Waals surface area contributed by atoms with E-state index in [1.165, 1.54) is 11.8 Å². The summed E-state index contributed by atoms with van der Waals surface area (Å²) in [5, 5.41) is 9.84.